The fourth-order valence-electron chi connectivity index (χ4n) is 1.93. The molecule has 2 atom stereocenters. The second-order valence-electron chi connectivity index (χ2n) is 4.41. The maximum absolute atomic E-state index is 11.6. The third-order valence-electron chi connectivity index (χ3n) is 2.77. The summed E-state index contributed by atoms with van der Waals surface area (Å²) in [5, 5.41) is 6.86. The fourth-order valence-corrected chi connectivity index (χ4v) is 2.86. The number of hydrogen-bond acceptors (Lipinski definition) is 3. The lowest BCUT2D eigenvalue weighted by molar-refractivity contribution is -0.121. The van der Waals surface area contributed by atoms with Gasteiger partial charge in [-0.05, 0) is 19.1 Å². The van der Waals surface area contributed by atoms with Gasteiger partial charge in [0, 0.05) is 17.3 Å². The molecule has 1 aliphatic carbocycles. The van der Waals surface area contributed by atoms with Gasteiger partial charge in [0.05, 0.1) is 6.54 Å². The summed E-state index contributed by atoms with van der Waals surface area (Å²) < 4.78 is 0. The van der Waals surface area contributed by atoms with Crippen molar-refractivity contribution in [1.82, 2.24) is 10.6 Å². The lowest BCUT2D eigenvalue weighted by Gasteiger charge is -2.19. The zero-order chi connectivity index (χ0) is 11.3. The number of amides is 1. The molecule has 0 bridgehead atoms. The van der Waals surface area contributed by atoms with Crippen LogP contribution >= 0.6 is 11.8 Å². The number of hydrogen-bond donors (Lipinski definition) is 2. The van der Waals surface area contributed by atoms with Crippen molar-refractivity contribution in [3.05, 3.63) is 0 Å². The average molecular weight is 230 g/mol. The minimum absolute atomic E-state index is 0.134. The van der Waals surface area contributed by atoms with Gasteiger partial charge in [-0.15, -0.1) is 0 Å². The van der Waals surface area contributed by atoms with E-state index in [0.717, 1.165) is 6.42 Å². The zero-order valence-electron chi connectivity index (χ0n) is 9.88. The molecule has 1 amide bonds. The Bertz CT molecular complexity index is 209. The van der Waals surface area contributed by atoms with Crippen LogP contribution in [-0.4, -0.2) is 36.0 Å². The summed E-state index contributed by atoms with van der Waals surface area (Å²) in [7, 11) is 0. The molecule has 1 rings (SSSR count). The molecule has 0 aromatic heterocycles. The largest absolute Gasteiger partial charge is 0.351 e. The van der Waals surface area contributed by atoms with E-state index in [-0.39, 0.29) is 5.91 Å². The van der Waals surface area contributed by atoms with E-state index in [9.17, 15) is 4.79 Å². The highest BCUT2D eigenvalue weighted by atomic mass is 32.2. The molecular formula is C11H22N2OS. The SMILES string of the molecule is CSC1CCCC1NC(=O)CNC(C)C. The van der Waals surface area contributed by atoms with Crippen molar-refractivity contribution in [2.45, 2.75) is 50.4 Å². The van der Waals surface area contributed by atoms with E-state index in [0.29, 0.717) is 23.9 Å². The van der Waals surface area contributed by atoms with Crippen molar-refractivity contribution in [3.63, 3.8) is 0 Å². The number of carbonyl (C=O) groups is 1. The van der Waals surface area contributed by atoms with E-state index >= 15 is 0 Å². The predicted octanol–water partition coefficient (Wildman–Crippen LogP) is 1.38. The fraction of sp³-hybridized carbons (Fsp3) is 0.909. The van der Waals surface area contributed by atoms with Crippen molar-refractivity contribution in [3.8, 4) is 0 Å². The molecule has 1 saturated carbocycles. The Morgan fingerprint density at radius 2 is 2.20 bits per heavy atom. The van der Waals surface area contributed by atoms with Crippen LogP contribution in [0.4, 0.5) is 0 Å². The Labute approximate surface area is 96.8 Å². The van der Waals surface area contributed by atoms with E-state index in [2.05, 4.69) is 16.9 Å². The summed E-state index contributed by atoms with van der Waals surface area (Å²) >= 11 is 1.87. The first-order valence-corrected chi connectivity index (χ1v) is 6.97. The van der Waals surface area contributed by atoms with Gasteiger partial charge in [-0.3, -0.25) is 4.79 Å². The molecule has 1 fully saturated rings. The Morgan fingerprint density at radius 3 is 2.80 bits per heavy atom. The molecule has 1 aliphatic rings. The van der Waals surface area contributed by atoms with E-state index in [1.807, 2.05) is 25.6 Å². The van der Waals surface area contributed by atoms with Gasteiger partial charge in [-0.1, -0.05) is 20.3 Å². The quantitative estimate of drug-likeness (QED) is 0.750. The molecule has 0 aromatic rings. The molecular weight excluding hydrogens is 208 g/mol. The van der Waals surface area contributed by atoms with Crippen molar-refractivity contribution in [2.24, 2.45) is 0 Å². The summed E-state index contributed by atoms with van der Waals surface area (Å²) in [5.41, 5.74) is 0. The third-order valence-corrected chi connectivity index (χ3v) is 3.94. The summed E-state index contributed by atoms with van der Waals surface area (Å²) in [4.78, 5) is 11.6. The predicted molar refractivity (Wildman–Crippen MR) is 66.2 cm³/mol. The second kappa shape index (κ2) is 6.38. The van der Waals surface area contributed by atoms with Crippen molar-refractivity contribution in [1.29, 1.82) is 0 Å². The van der Waals surface area contributed by atoms with Crippen LogP contribution in [0, 0.1) is 0 Å². The molecule has 3 nitrogen and oxygen atoms in total. The first kappa shape index (κ1) is 12.8. The molecule has 0 spiro atoms. The molecule has 4 heteroatoms. The lowest BCUT2D eigenvalue weighted by atomic mass is 10.2. The lowest BCUT2D eigenvalue weighted by Crippen LogP contribution is -2.44. The Morgan fingerprint density at radius 1 is 1.47 bits per heavy atom. The van der Waals surface area contributed by atoms with E-state index < -0.39 is 0 Å². The molecule has 0 heterocycles. The highest BCUT2D eigenvalue weighted by molar-refractivity contribution is 7.99. The van der Waals surface area contributed by atoms with Gasteiger partial charge in [0.25, 0.3) is 0 Å². The minimum atomic E-state index is 0.134. The van der Waals surface area contributed by atoms with Crippen molar-refractivity contribution in [2.75, 3.05) is 12.8 Å². The Kier molecular flexibility index (Phi) is 5.47. The molecule has 88 valence electrons. The topological polar surface area (TPSA) is 41.1 Å². The first-order valence-electron chi connectivity index (χ1n) is 5.69. The number of thioether (sulfide) groups is 1. The van der Waals surface area contributed by atoms with Gasteiger partial charge >= 0.3 is 0 Å². The molecule has 0 aliphatic heterocycles. The monoisotopic (exact) mass is 230 g/mol. The highest BCUT2D eigenvalue weighted by Gasteiger charge is 2.27. The van der Waals surface area contributed by atoms with Crippen LogP contribution in [-0.2, 0) is 4.79 Å². The minimum Gasteiger partial charge on any atom is -0.351 e. The van der Waals surface area contributed by atoms with Crippen LogP contribution in [0.2, 0.25) is 0 Å². The summed E-state index contributed by atoms with van der Waals surface area (Å²) in [6.45, 7) is 4.54. The van der Waals surface area contributed by atoms with Crippen LogP contribution in [0.25, 0.3) is 0 Å². The Balaban J connectivity index is 2.24. The highest BCUT2D eigenvalue weighted by Crippen LogP contribution is 2.28. The molecule has 0 saturated heterocycles. The smallest absolute Gasteiger partial charge is 0.234 e. The summed E-state index contributed by atoms with van der Waals surface area (Å²) in [6, 6.07) is 0.761. The van der Waals surface area contributed by atoms with Gasteiger partial charge in [0.15, 0.2) is 0 Å². The second-order valence-corrected chi connectivity index (χ2v) is 5.49. The number of nitrogens with one attached hydrogen (secondary N) is 2. The maximum Gasteiger partial charge on any atom is 0.234 e. The van der Waals surface area contributed by atoms with Gasteiger partial charge < -0.3 is 10.6 Å². The number of rotatable bonds is 5. The van der Waals surface area contributed by atoms with Gasteiger partial charge in [-0.2, -0.15) is 11.8 Å². The van der Waals surface area contributed by atoms with Crippen molar-refractivity contribution >= 4 is 17.7 Å². The van der Waals surface area contributed by atoms with Crippen LogP contribution < -0.4 is 10.6 Å². The van der Waals surface area contributed by atoms with E-state index in [4.69, 9.17) is 0 Å². The van der Waals surface area contributed by atoms with Gasteiger partial charge in [-0.25, -0.2) is 0 Å². The van der Waals surface area contributed by atoms with Crippen LogP contribution in [0.15, 0.2) is 0 Å². The van der Waals surface area contributed by atoms with E-state index in [1.54, 1.807) is 0 Å². The van der Waals surface area contributed by atoms with Crippen LogP contribution in [0.1, 0.15) is 33.1 Å². The maximum atomic E-state index is 11.6. The van der Waals surface area contributed by atoms with Crippen LogP contribution in [0.3, 0.4) is 0 Å². The molecule has 2 N–H and O–H groups in total. The van der Waals surface area contributed by atoms with Crippen molar-refractivity contribution < 1.29 is 4.79 Å². The summed E-state index contributed by atoms with van der Waals surface area (Å²) in [5.74, 6) is 0.134. The third kappa shape index (κ3) is 4.43. The Hall–Kier alpha value is -0.220. The molecule has 15 heavy (non-hydrogen) atoms. The van der Waals surface area contributed by atoms with E-state index in [1.165, 1.54) is 12.8 Å². The van der Waals surface area contributed by atoms with Crippen LogP contribution in [0.5, 0.6) is 0 Å². The zero-order valence-corrected chi connectivity index (χ0v) is 10.7. The van der Waals surface area contributed by atoms with Gasteiger partial charge in [0.2, 0.25) is 5.91 Å². The number of carbonyl (C=O) groups excluding carboxylic acids is 1. The molecule has 2 unspecified atom stereocenters. The summed E-state index contributed by atoms with van der Waals surface area (Å²) in [6.07, 6.45) is 5.75. The average Bonchev–Trinajstić information content (AvgIpc) is 2.62. The standard InChI is InChI=1S/C11H22N2OS/c1-8(2)12-7-11(14)13-9-5-4-6-10(9)15-3/h8-10,12H,4-7H2,1-3H3,(H,13,14). The van der Waals surface area contributed by atoms with Gasteiger partial charge in [0.1, 0.15) is 0 Å². The molecule has 0 radical (unpaired) electrons. The normalized spacial score (nSPS) is 25.9. The molecule has 0 aromatic carbocycles. The first-order chi connectivity index (χ1) is 7.13.